The smallest absolute Gasteiger partial charge is 0.261 e. The average molecular weight is 586 g/mol. The fourth-order valence-corrected chi connectivity index (χ4v) is 6.98. The van der Waals surface area contributed by atoms with Gasteiger partial charge in [0, 0.05) is 21.0 Å². The van der Waals surface area contributed by atoms with Crippen molar-refractivity contribution in [2.24, 2.45) is 0 Å². The van der Waals surface area contributed by atoms with E-state index in [2.05, 4.69) is 10.0 Å². The third-order valence-electron chi connectivity index (χ3n) is 6.11. The fraction of sp³-hybridized carbons (Fsp3) is 0.0968. The third-order valence-corrected chi connectivity index (χ3v) is 9.66. The molecule has 5 aromatic rings. The van der Waals surface area contributed by atoms with Crippen molar-refractivity contribution in [1.82, 2.24) is 4.98 Å². The topological polar surface area (TPSA) is 88.2 Å². The lowest BCUT2D eigenvalue weighted by Gasteiger charge is -2.16. The van der Waals surface area contributed by atoms with Gasteiger partial charge in [-0.25, -0.2) is 13.4 Å². The first kappa shape index (κ1) is 27.6. The molecule has 6 nitrogen and oxygen atoms in total. The van der Waals surface area contributed by atoms with Crippen LogP contribution in [0.3, 0.4) is 0 Å². The minimum atomic E-state index is -3.71. The Morgan fingerprint density at radius 3 is 2.10 bits per heavy atom. The van der Waals surface area contributed by atoms with Crippen LogP contribution in [0.2, 0.25) is 0 Å². The summed E-state index contributed by atoms with van der Waals surface area (Å²) in [6.45, 7) is 3.90. The molecule has 0 bridgehead atoms. The molecule has 0 saturated heterocycles. The first-order valence-corrected chi connectivity index (χ1v) is 15.7. The van der Waals surface area contributed by atoms with Gasteiger partial charge in [-0.1, -0.05) is 78.4 Å². The van der Waals surface area contributed by atoms with Crippen LogP contribution in [0.5, 0.6) is 0 Å². The highest BCUT2D eigenvalue weighted by Crippen LogP contribution is 2.38. The zero-order chi connectivity index (χ0) is 28.1. The van der Waals surface area contributed by atoms with E-state index >= 15 is 0 Å². The first-order chi connectivity index (χ1) is 19.3. The van der Waals surface area contributed by atoms with Crippen LogP contribution in [0.1, 0.15) is 21.3 Å². The number of nitrogens with one attached hydrogen (secondary N) is 2. The molecule has 5 rings (SSSR count). The number of thioether (sulfide) groups is 1. The largest absolute Gasteiger partial charge is 0.301 e. The van der Waals surface area contributed by atoms with E-state index in [0.29, 0.717) is 10.8 Å². The Kier molecular flexibility index (Phi) is 8.35. The first-order valence-electron chi connectivity index (χ1n) is 12.5. The van der Waals surface area contributed by atoms with E-state index in [9.17, 15) is 13.2 Å². The fourth-order valence-electron chi connectivity index (χ4n) is 4.05. The van der Waals surface area contributed by atoms with E-state index in [1.165, 1.54) is 23.1 Å². The van der Waals surface area contributed by atoms with Crippen LogP contribution in [-0.4, -0.2) is 19.3 Å². The van der Waals surface area contributed by atoms with Gasteiger partial charge in [-0.2, -0.15) is 0 Å². The van der Waals surface area contributed by atoms with Gasteiger partial charge in [-0.15, -0.1) is 23.1 Å². The van der Waals surface area contributed by atoms with E-state index < -0.39 is 15.3 Å². The van der Waals surface area contributed by atoms with Crippen molar-refractivity contribution in [3.8, 4) is 11.3 Å². The van der Waals surface area contributed by atoms with E-state index in [-0.39, 0.29) is 10.8 Å². The van der Waals surface area contributed by atoms with Gasteiger partial charge in [0.15, 0.2) is 5.13 Å². The lowest BCUT2D eigenvalue weighted by Crippen LogP contribution is -2.19. The normalized spacial score (nSPS) is 12.1. The van der Waals surface area contributed by atoms with Crippen LogP contribution in [0.15, 0.2) is 119 Å². The maximum absolute atomic E-state index is 13.6. The summed E-state index contributed by atoms with van der Waals surface area (Å²) in [6.07, 6.45) is 0. The summed E-state index contributed by atoms with van der Waals surface area (Å²) in [5.41, 5.74) is 4.14. The molecule has 1 heterocycles. The second kappa shape index (κ2) is 12.1. The molecule has 0 fully saturated rings. The molecule has 1 aromatic heterocycles. The van der Waals surface area contributed by atoms with Gasteiger partial charge >= 0.3 is 0 Å². The lowest BCUT2D eigenvalue weighted by molar-refractivity contribution is -0.115. The summed E-state index contributed by atoms with van der Waals surface area (Å²) in [5, 5.41) is 3.02. The second-order valence-electron chi connectivity index (χ2n) is 9.13. The summed E-state index contributed by atoms with van der Waals surface area (Å²) in [7, 11) is -3.71. The molecule has 0 radical (unpaired) electrons. The number of sulfonamides is 1. The van der Waals surface area contributed by atoms with Gasteiger partial charge in [-0.05, 0) is 55.8 Å². The summed E-state index contributed by atoms with van der Waals surface area (Å²) in [4.78, 5) is 20.3. The number of hydrogen-bond donors (Lipinski definition) is 2. The molecule has 0 saturated carbocycles. The molecule has 1 unspecified atom stereocenters. The zero-order valence-electron chi connectivity index (χ0n) is 21.9. The van der Waals surface area contributed by atoms with Crippen molar-refractivity contribution >= 4 is 49.8 Å². The molecular weight excluding hydrogens is 559 g/mol. The number of benzene rings is 4. The molecule has 0 spiro atoms. The Hall–Kier alpha value is -3.92. The number of anilines is 2. The van der Waals surface area contributed by atoms with E-state index in [0.717, 1.165) is 32.2 Å². The number of aryl methyl sites for hydroxylation is 2. The number of amides is 1. The van der Waals surface area contributed by atoms with Crippen molar-refractivity contribution < 1.29 is 13.2 Å². The van der Waals surface area contributed by atoms with Gasteiger partial charge < -0.3 is 5.32 Å². The van der Waals surface area contributed by atoms with Crippen molar-refractivity contribution in [3.05, 3.63) is 125 Å². The Labute approximate surface area is 242 Å². The SMILES string of the molecule is Cc1ccc(S(=O)(=O)Nc2ccc(SC(C(=O)Nc3nc(-c4ccccc4)c(C)s3)c3ccccc3)cc2)cc1. The maximum atomic E-state index is 13.6. The predicted octanol–water partition coefficient (Wildman–Crippen LogP) is 7.70. The molecule has 2 N–H and O–H groups in total. The molecule has 40 heavy (non-hydrogen) atoms. The summed E-state index contributed by atoms with van der Waals surface area (Å²) in [5.74, 6) is -0.186. The minimum absolute atomic E-state index is 0.186. The van der Waals surface area contributed by atoms with Crippen LogP contribution in [0, 0.1) is 13.8 Å². The number of carbonyl (C=O) groups is 1. The van der Waals surface area contributed by atoms with Crippen molar-refractivity contribution in [2.75, 3.05) is 10.0 Å². The molecule has 0 aliphatic rings. The highest BCUT2D eigenvalue weighted by atomic mass is 32.2. The van der Waals surface area contributed by atoms with E-state index in [1.54, 1.807) is 36.4 Å². The molecule has 9 heteroatoms. The van der Waals surface area contributed by atoms with Gasteiger partial charge in [0.25, 0.3) is 10.0 Å². The Balaban J connectivity index is 1.33. The Morgan fingerprint density at radius 2 is 1.45 bits per heavy atom. The number of nitrogens with zero attached hydrogens (tertiary/aromatic N) is 1. The van der Waals surface area contributed by atoms with E-state index in [1.807, 2.05) is 86.6 Å². The standard InChI is InChI=1S/C31H27N3O3S3/c1-21-13-19-27(20-14-21)40(36,37)34-25-15-17-26(18-16-25)39-29(24-11-7-4-8-12-24)30(35)33-31-32-28(22(2)38-31)23-9-5-3-6-10-23/h3-20,29,34H,1-2H3,(H,32,33,35). The van der Waals surface area contributed by atoms with E-state index in [4.69, 9.17) is 4.98 Å². The predicted molar refractivity (Wildman–Crippen MR) is 164 cm³/mol. The molecule has 0 aliphatic heterocycles. The van der Waals surface area contributed by atoms with Gasteiger partial charge in [0.2, 0.25) is 5.91 Å². The zero-order valence-corrected chi connectivity index (χ0v) is 24.3. The highest BCUT2D eigenvalue weighted by Gasteiger charge is 2.24. The van der Waals surface area contributed by atoms with Crippen LogP contribution in [0.4, 0.5) is 10.8 Å². The number of carbonyl (C=O) groups excluding carboxylic acids is 1. The van der Waals surface area contributed by atoms with Crippen LogP contribution in [-0.2, 0) is 14.8 Å². The van der Waals surface area contributed by atoms with Crippen LogP contribution < -0.4 is 10.0 Å². The Bertz CT molecular complexity index is 1700. The maximum Gasteiger partial charge on any atom is 0.261 e. The molecule has 202 valence electrons. The summed E-state index contributed by atoms with van der Waals surface area (Å²) < 4.78 is 28.2. The van der Waals surface area contributed by atoms with Crippen molar-refractivity contribution in [3.63, 3.8) is 0 Å². The highest BCUT2D eigenvalue weighted by molar-refractivity contribution is 8.00. The Morgan fingerprint density at radius 1 is 0.825 bits per heavy atom. The van der Waals surface area contributed by atoms with Gasteiger partial charge in [-0.3, -0.25) is 9.52 Å². The van der Waals surface area contributed by atoms with Crippen LogP contribution >= 0.6 is 23.1 Å². The number of hydrogen-bond acceptors (Lipinski definition) is 6. The van der Waals surface area contributed by atoms with Crippen molar-refractivity contribution in [2.45, 2.75) is 28.9 Å². The quantitative estimate of drug-likeness (QED) is 0.173. The monoisotopic (exact) mass is 585 g/mol. The van der Waals surface area contributed by atoms with Crippen LogP contribution in [0.25, 0.3) is 11.3 Å². The number of thiazole rings is 1. The van der Waals surface area contributed by atoms with Crippen molar-refractivity contribution in [1.29, 1.82) is 0 Å². The molecule has 4 aromatic carbocycles. The summed E-state index contributed by atoms with van der Waals surface area (Å²) in [6, 6.07) is 33.1. The molecule has 1 atom stereocenters. The molecule has 1 amide bonds. The van der Waals surface area contributed by atoms with Gasteiger partial charge in [0.1, 0.15) is 5.25 Å². The number of aromatic nitrogens is 1. The lowest BCUT2D eigenvalue weighted by atomic mass is 10.1. The third kappa shape index (κ3) is 6.62. The second-order valence-corrected chi connectivity index (χ2v) is 13.2. The van der Waals surface area contributed by atoms with Gasteiger partial charge in [0.05, 0.1) is 10.6 Å². The number of rotatable bonds is 9. The minimum Gasteiger partial charge on any atom is -0.301 e. The molecular formula is C31H27N3O3S3. The average Bonchev–Trinajstić information content (AvgIpc) is 3.33. The molecule has 0 aliphatic carbocycles. The summed E-state index contributed by atoms with van der Waals surface area (Å²) >= 11 is 2.83.